The van der Waals surface area contributed by atoms with E-state index in [1.54, 1.807) is 0 Å². The number of benzene rings is 1. The van der Waals surface area contributed by atoms with Gasteiger partial charge >= 0.3 is 0 Å². The number of rotatable bonds is 2. The van der Waals surface area contributed by atoms with E-state index >= 15 is 0 Å². The molecule has 1 aromatic carbocycles. The van der Waals surface area contributed by atoms with Gasteiger partial charge in [-0.15, -0.1) is 0 Å². The molecule has 82 valence electrons. The second-order valence-corrected chi connectivity index (χ2v) is 3.28. The van der Waals surface area contributed by atoms with Crippen LogP contribution in [0.5, 0.6) is 0 Å². The van der Waals surface area contributed by atoms with Crippen molar-refractivity contribution in [3.05, 3.63) is 64.3 Å². The average Bonchev–Trinajstić information content (AvgIpc) is 2.25. The third-order valence-electron chi connectivity index (χ3n) is 2.16. The van der Waals surface area contributed by atoms with Gasteiger partial charge in [0.2, 0.25) is 0 Å². The van der Waals surface area contributed by atoms with Gasteiger partial charge in [-0.3, -0.25) is 9.78 Å². The van der Waals surface area contributed by atoms with Crippen LogP contribution < -0.4 is 5.56 Å². The molecule has 2 rings (SSSR count). The minimum Gasteiger partial charge on any atom is -0.308 e. The summed E-state index contributed by atoms with van der Waals surface area (Å²) in [7, 11) is 0. The fourth-order valence-corrected chi connectivity index (χ4v) is 1.34. The summed E-state index contributed by atoms with van der Waals surface area (Å²) >= 11 is 0. The quantitative estimate of drug-likeness (QED) is 0.773. The molecular weight excluding hydrogens is 214 g/mol. The number of aromatic nitrogens is 2. The standard InChI is InChI=1S/C11H8F2N2O/c12-9-2-1-8(10(13)5-9)7-15-4-3-14-6-11(15)16/h1-6H,7H2. The molecule has 0 saturated carbocycles. The Labute approximate surface area is 90.0 Å². The largest absolute Gasteiger partial charge is 0.308 e. The molecule has 0 N–H and O–H groups in total. The molecule has 1 heterocycles. The van der Waals surface area contributed by atoms with Crippen molar-refractivity contribution in [2.24, 2.45) is 0 Å². The first-order valence-electron chi connectivity index (χ1n) is 4.61. The molecule has 5 heteroatoms. The first-order chi connectivity index (χ1) is 7.66. The highest BCUT2D eigenvalue weighted by Gasteiger charge is 2.04. The van der Waals surface area contributed by atoms with Crippen LogP contribution in [0.1, 0.15) is 5.56 Å². The number of hydrogen-bond acceptors (Lipinski definition) is 2. The molecule has 0 aliphatic carbocycles. The molecule has 0 bridgehead atoms. The Morgan fingerprint density at radius 1 is 1.31 bits per heavy atom. The normalized spacial score (nSPS) is 10.4. The molecule has 0 unspecified atom stereocenters. The zero-order valence-corrected chi connectivity index (χ0v) is 8.23. The van der Waals surface area contributed by atoms with Crippen LogP contribution in [0.4, 0.5) is 8.78 Å². The third-order valence-corrected chi connectivity index (χ3v) is 2.16. The van der Waals surface area contributed by atoms with E-state index in [0.717, 1.165) is 18.3 Å². The zero-order chi connectivity index (χ0) is 11.5. The zero-order valence-electron chi connectivity index (χ0n) is 8.23. The van der Waals surface area contributed by atoms with Crippen molar-refractivity contribution in [3.8, 4) is 0 Å². The van der Waals surface area contributed by atoms with Crippen molar-refractivity contribution in [2.75, 3.05) is 0 Å². The van der Waals surface area contributed by atoms with Gasteiger partial charge in [-0.2, -0.15) is 0 Å². The Morgan fingerprint density at radius 2 is 2.12 bits per heavy atom. The molecule has 0 aliphatic rings. The van der Waals surface area contributed by atoms with Crippen molar-refractivity contribution in [2.45, 2.75) is 6.54 Å². The Balaban J connectivity index is 2.35. The first kappa shape index (κ1) is 10.5. The van der Waals surface area contributed by atoms with E-state index in [9.17, 15) is 13.6 Å². The molecule has 2 aromatic rings. The van der Waals surface area contributed by atoms with Crippen LogP contribution in [0.15, 0.2) is 41.6 Å². The maximum atomic E-state index is 13.3. The lowest BCUT2D eigenvalue weighted by Crippen LogP contribution is -2.19. The monoisotopic (exact) mass is 222 g/mol. The molecule has 0 saturated heterocycles. The Morgan fingerprint density at radius 3 is 2.81 bits per heavy atom. The van der Waals surface area contributed by atoms with E-state index in [1.807, 2.05) is 0 Å². The third kappa shape index (κ3) is 2.13. The lowest BCUT2D eigenvalue weighted by molar-refractivity contribution is 0.564. The highest BCUT2D eigenvalue weighted by Crippen LogP contribution is 2.10. The summed E-state index contributed by atoms with van der Waals surface area (Å²) in [6.45, 7) is 0.0630. The van der Waals surface area contributed by atoms with Gasteiger partial charge in [0.25, 0.3) is 5.56 Å². The summed E-state index contributed by atoms with van der Waals surface area (Å²) in [6.07, 6.45) is 4.02. The molecule has 0 atom stereocenters. The van der Waals surface area contributed by atoms with E-state index < -0.39 is 11.6 Å². The van der Waals surface area contributed by atoms with Gasteiger partial charge in [0.15, 0.2) is 0 Å². The van der Waals surface area contributed by atoms with Crippen LogP contribution in [0.3, 0.4) is 0 Å². The van der Waals surface area contributed by atoms with Gasteiger partial charge < -0.3 is 4.57 Å². The lowest BCUT2D eigenvalue weighted by Gasteiger charge is -2.05. The van der Waals surface area contributed by atoms with Gasteiger partial charge in [0.1, 0.15) is 11.6 Å². The number of halogens is 2. The first-order valence-corrected chi connectivity index (χ1v) is 4.61. The van der Waals surface area contributed by atoms with E-state index in [4.69, 9.17) is 0 Å². The van der Waals surface area contributed by atoms with Crippen LogP contribution in [-0.2, 0) is 6.54 Å². The highest BCUT2D eigenvalue weighted by atomic mass is 19.1. The summed E-state index contributed by atoms with van der Waals surface area (Å²) in [5, 5.41) is 0. The molecule has 0 amide bonds. The van der Waals surface area contributed by atoms with Crippen LogP contribution in [-0.4, -0.2) is 9.55 Å². The van der Waals surface area contributed by atoms with Gasteiger partial charge in [0, 0.05) is 24.0 Å². The maximum Gasteiger partial charge on any atom is 0.269 e. The average molecular weight is 222 g/mol. The van der Waals surface area contributed by atoms with Crippen LogP contribution >= 0.6 is 0 Å². The number of hydrogen-bond donors (Lipinski definition) is 0. The molecular formula is C11H8F2N2O. The summed E-state index contributed by atoms with van der Waals surface area (Å²) < 4.78 is 27.2. The highest BCUT2D eigenvalue weighted by molar-refractivity contribution is 5.18. The molecule has 0 aliphatic heterocycles. The molecule has 0 fully saturated rings. The van der Waals surface area contributed by atoms with Crippen LogP contribution in [0.2, 0.25) is 0 Å². The van der Waals surface area contributed by atoms with Gasteiger partial charge in [0.05, 0.1) is 12.7 Å². The number of nitrogens with zero attached hydrogens (tertiary/aromatic N) is 2. The van der Waals surface area contributed by atoms with Gasteiger partial charge in [-0.1, -0.05) is 6.07 Å². The van der Waals surface area contributed by atoms with Crippen LogP contribution in [0.25, 0.3) is 0 Å². The summed E-state index contributed by atoms with van der Waals surface area (Å²) in [5.41, 5.74) is -0.0686. The smallest absolute Gasteiger partial charge is 0.269 e. The van der Waals surface area contributed by atoms with Crippen molar-refractivity contribution >= 4 is 0 Å². The fourth-order valence-electron chi connectivity index (χ4n) is 1.34. The second-order valence-electron chi connectivity index (χ2n) is 3.28. The van der Waals surface area contributed by atoms with E-state index in [1.165, 1.54) is 23.0 Å². The van der Waals surface area contributed by atoms with Crippen molar-refractivity contribution in [1.82, 2.24) is 9.55 Å². The molecule has 16 heavy (non-hydrogen) atoms. The Hall–Kier alpha value is -2.04. The van der Waals surface area contributed by atoms with Crippen molar-refractivity contribution in [1.29, 1.82) is 0 Å². The van der Waals surface area contributed by atoms with E-state index in [-0.39, 0.29) is 17.7 Å². The molecule has 3 nitrogen and oxygen atoms in total. The van der Waals surface area contributed by atoms with Crippen molar-refractivity contribution < 1.29 is 8.78 Å². The molecule has 1 aromatic heterocycles. The minimum absolute atomic E-state index is 0.0630. The maximum absolute atomic E-state index is 13.3. The van der Waals surface area contributed by atoms with E-state index in [0.29, 0.717) is 0 Å². The summed E-state index contributed by atoms with van der Waals surface area (Å²) in [5.74, 6) is -1.30. The predicted molar refractivity (Wildman–Crippen MR) is 54.0 cm³/mol. The van der Waals surface area contributed by atoms with E-state index in [2.05, 4.69) is 4.98 Å². The van der Waals surface area contributed by atoms with Crippen LogP contribution in [0, 0.1) is 11.6 Å². The topological polar surface area (TPSA) is 34.9 Å². The van der Waals surface area contributed by atoms with Crippen molar-refractivity contribution in [3.63, 3.8) is 0 Å². The minimum atomic E-state index is -0.663. The Kier molecular flexibility index (Phi) is 2.76. The fraction of sp³-hybridized carbons (Fsp3) is 0.0909. The SMILES string of the molecule is O=c1cnccn1Cc1ccc(F)cc1F. The Bertz CT molecular complexity index is 566. The van der Waals surface area contributed by atoms with Gasteiger partial charge in [-0.05, 0) is 6.07 Å². The summed E-state index contributed by atoms with van der Waals surface area (Å²) in [6, 6.07) is 3.27. The summed E-state index contributed by atoms with van der Waals surface area (Å²) in [4.78, 5) is 14.9. The second kappa shape index (κ2) is 4.22. The van der Waals surface area contributed by atoms with Gasteiger partial charge in [-0.25, -0.2) is 8.78 Å². The molecule has 0 spiro atoms. The molecule has 0 radical (unpaired) electrons. The lowest BCUT2D eigenvalue weighted by atomic mass is 10.2. The predicted octanol–water partition coefficient (Wildman–Crippen LogP) is 1.57.